The lowest BCUT2D eigenvalue weighted by Crippen LogP contribution is -2.41. The van der Waals surface area contributed by atoms with Crippen LogP contribution in [-0.4, -0.2) is 41.1 Å². The number of pyridine rings is 1. The Hall–Kier alpha value is -1.86. The lowest BCUT2D eigenvalue weighted by atomic mass is 10.2. The van der Waals surface area contributed by atoms with Crippen molar-refractivity contribution >= 4 is 11.7 Å². The molecule has 1 aromatic rings. The minimum Gasteiger partial charge on any atom is -0.368 e. The van der Waals surface area contributed by atoms with Gasteiger partial charge in [-0.05, 0) is 25.8 Å². The number of alkyl halides is 3. The lowest BCUT2D eigenvalue weighted by molar-refractivity contribution is -0.141. The SMILES string of the molecule is CCNc1nccc(C(=O)N(CC(F)(F)F)C2CC2)c1F. The molecule has 0 aliphatic heterocycles. The molecule has 1 aliphatic carbocycles. The van der Waals surface area contributed by atoms with Crippen LogP contribution < -0.4 is 5.32 Å². The Morgan fingerprint density at radius 2 is 2.14 bits per heavy atom. The van der Waals surface area contributed by atoms with Crippen molar-refractivity contribution in [2.45, 2.75) is 32.0 Å². The zero-order valence-electron chi connectivity index (χ0n) is 11.4. The number of hydrogen-bond acceptors (Lipinski definition) is 3. The van der Waals surface area contributed by atoms with Crippen LogP contribution in [0.3, 0.4) is 0 Å². The Kier molecular flexibility index (Phi) is 4.34. The highest BCUT2D eigenvalue weighted by Gasteiger charge is 2.41. The minimum absolute atomic E-state index is 0.133. The molecule has 8 heteroatoms. The molecule has 0 atom stereocenters. The first kappa shape index (κ1) is 15.5. The predicted molar refractivity (Wildman–Crippen MR) is 68.5 cm³/mol. The molecule has 116 valence electrons. The van der Waals surface area contributed by atoms with Crippen LogP contribution in [0.1, 0.15) is 30.1 Å². The zero-order valence-corrected chi connectivity index (χ0v) is 11.4. The molecule has 1 aliphatic rings. The summed E-state index contributed by atoms with van der Waals surface area (Å²) >= 11 is 0. The standard InChI is InChI=1S/C13H15F4N3O/c1-2-18-11-10(14)9(5-6-19-11)12(21)20(8-3-4-8)7-13(15,16)17/h5-6,8H,2-4,7H2,1H3,(H,18,19). The van der Waals surface area contributed by atoms with Gasteiger partial charge in [-0.2, -0.15) is 13.2 Å². The summed E-state index contributed by atoms with van der Waals surface area (Å²) in [5, 5.41) is 2.62. The Balaban J connectivity index is 2.26. The van der Waals surface area contributed by atoms with Crippen LogP contribution in [0.25, 0.3) is 0 Å². The van der Waals surface area contributed by atoms with Crippen molar-refractivity contribution in [1.82, 2.24) is 9.88 Å². The second-order valence-corrected chi connectivity index (χ2v) is 4.83. The van der Waals surface area contributed by atoms with Crippen LogP contribution in [0.5, 0.6) is 0 Å². The highest BCUT2D eigenvalue weighted by Crippen LogP contribution is 2.32. The molecule has 0 radical (unpaired) electrons. The fraction of sp³-hybridized carbons (Fsp3) is 0.538. The average Bonchev–Trinajstić information content (AvgIpc) is 3.21. The maximum absolute atomic E-state index is 14.1. The largest absolute Gasteiger partial charge is 0.406 e. The fourth-order valence-electron chi connectivity index (χ4n) is 2.00. The molecular weight excluding hydrogens is 290 g/mol. The minimum atomic E-state index is -4.51. The molecule has 0 aromatic carbocycles. The Morgan fingerprint density at radius 3 is 2.67 bits per heavy atom. The second-order valence-electron chi connectivity index (χ2n) is 4.83. The third-order valence-corrected chi connectivity index (χ3v) is 3.06. The maximum atomic E-state index is 14.1. The molecule has 1 saturated carbocycles. The molecule has 0 bridgehead atoms. The van der Waals surface area contributed by atoms with Crippen molar-refractivity contribution in [3.05, 3.63) is 23.6 Å². The summed E-state index contributed by atoms with van der Waals surface area (Å²) in [7, 11) is 0. The monoisotopic (exact) mass is 305 g/mol. The van der Waals surface area contributed by atoms with E-state index < -0.39 is 36.1 Å². The van der Waals surface area contributed by atoms with Crippen molar-refractivity contribution in [2.75, 3.05) is 18.4 Å². The average molecular weight is 305 g/mol. The van der Waals surface area contributed by atoms with Gasteiger partial charge >= 0.3 is 6.18 Å². The molecule has 0 unspecified atom stereocenters. The summed E-state index contributed by atoms with van der Waals surface area (Å²) in [6.07, 6.45) is -2.29. The quantitative estimate of drug-likeness (QED) is 0.851. The van der Waals surface area contributed by atoms with Gasteiger partial charge in [-0.15, -0.1) is 0 Å². The van der Waals surface area contributed by atoms with Gasteiger partial charge in [-0.1, -0.05) is 0 Å². The summed E-state index contributed by atoms with van der Waals surface area (Å²) < 4.78 is 51.8. The third kappa shape index (κ3) is 3.83. The molecule has 1 aromatic heterocycles. The number of nitrogens with zero attached hydrogens (tertiary/aromatic N) is 2. The summed E-state index contributed by atoms with van der Waals surface area (Å²) in [5.74, 6) is -2.00. The van der Waals surface area contributed by atoms with E-state index in [4.69, 9.17) is 0 Å². The van der Waals surface area contributed by atoms with E-state index in [1.54, 1.807) is 6.92 Å². The first-order valence-electron chi connectivity index (χ1n) is 6.59. The third-order valence-electron chi connectivity index (χ3n) is 3.06. The van der Waals surface area contributed by atoms with Gasteiger partial charge in [0.25, 0.3) is 5.91 Å². The van der Waals surface area contributed by atoms with Crippen LogP contribution in [0.15, 0.2) is 12.3 Å². The van der Waals surface area contributed by atoms with Gasteiger partial charge in [0.1, 0.15) is 6.54 Å². The van der Waals surface area contributed by atoms with Crippen molar-refractivity contribution in [1.29, 1.82) is 0 Å². The number of rotatable bonds is 5. The summed E-state index contributed by atoms with van der Waals surface area (Å²) in [5.41, 5.74) is -0.392. The summed E-state index contributed by atoms with van der Waals surface area (Å²) in [6, 6.07) is 0.638. The van der Waals surface area contributed by atoms with Crippen LogP contribution >= 0.6 is 0 Å². The van der Waals surface area contributed by atoms with E-state index in [0.29, 0.717) is 24.3 Å². The molecule has 0 saturated heterocycles. The van der Waals surface area contributed by atoms with Crippen molar-refractivity contribution in [3.8, 4) is 0 Å². The first-order chi connectivity index (χ1) is 9.83. The molecule has 1 fully saturated rings. The topological polar surface area (TPSA) is 45.2 Å². The normalized spacial score (nSPS) is 14.9. The maximum Gasteiger partial charge on any atom is 0.406 e. The number of carbonyl (C=O) groups excluding carboxylic acids is 1. The van der Waals surface area contributed by atoms with Gasteiger partial charge in [-0.3, -0.25) is 4.79 Å². The number of amides is 1. The number of hydrogen-bond donors (Lipinski definition) is 1. The molecule has 4 nitrogen and oxygen atoms in total. The zero-order chi connectivity index (χ0) is 15.6. The van der Waals surface area contributed by atoms with E-state index in [-0.39, 0.29) is 5.82 Å². The van der Waals surface area contributed by atoms with Gasteiger partial charge in [0, 0.05) is 18.8 Å². The molecule has 1 N–H and O–H groups in total. The van der Waals surface area contributed by atoms with Crippen LogP contribution in [0.2, 0.25) is 0 Å². The van der Waals surface area contributed by atoms with Crippen molar-refractivity contribution in [2.24, 2.45) is 0 Å². The van der Waals surface area contributed by atoms with Crippen LogP contribution in [-0.2, 0) is 0 Å². The number of carbonyl (C=O) groups is 1. The number of anilines is 1. The highest BCUT2D eigenvalue weighted by molar-refractivity contribution is 5.95. The second kappa shape index (κ2) is 5.87. The molecule has 0 spiro atoms. The van der Waals surface area contributed by atoms with Gasteiger partial charge in [0.05, 0.1) is 5.56 Å². The van der Waals surface area contributed by atoms with E-state index in [0.717, 1.165) is 6.07 Å². The molecular formula is C13H15F4N3O. The predicted octanol–water partition coefficient (Wildman–Crippen LogP) is 2.82. The number of nitrogens with one attached hydrogen (secondary N) is 1. The highest BCUT2D eigenvalue weighted by atomic mass is 19.4. The number of halogens is 4. The van der Waals surface area contributed by atoms with Gasteiger partial charge in [0.2, 0.25) is 0 Å². The fourth-order valence-corrected chi connectivity index (χ4v) is 2.00. The van der Waals surface area contributed by atoms with Crippen LogP contribution in [0, 0.1) is 5.82 Å². The van der Waals surface area contributed by atoms with E-state index in [1.165, 1.54) is 6.20 Å². The first-order valence-corrected chi connectivity index (χ1v) is 6.59. The Bertz CT molecular complexity index is 529. The molecule has 1 heterocycles. The van der Waals surface area contributed by atoms with Crippen molar-refractivity contribution in [3.63, 3.8) is 0 Å². The van der Waals surface area contributed by atoms with E-state index in [2.05, 4.69) is 10.3 Å². The van der Waals surface area contributed by atoms with Gasteiger partial charge in [0.15, 0.2) is 11.6 Å². The summed E-state index contributed by atoms with van der Waals surface area (Å²) in [4.78, 5) is 16.6. The van der Waals surface area contributed by atoms with Crippen molar-refractivity contribution < 1.29 is 22.4 Å². The van der Waals surface area contributed by atoms with Gasteiger partial charge < -0.3 is 10.2 Å². The van der Waals surface area contributed by atoms with E-state index >= 15 is 0 Å². The molecule has 1 amide bonds. The Morgan fingerprint density at radius 1 is 1.48 bits per heavy atom. The van der Waals surface area contributed by atoms with Crippen LogP contribution in [0.4, 0.5) is 23.4 Å². The summed E-state index contributed by atoms with van der Waals surface area (Å²) in [6.45, 7) is 0.737. The Labute approximate surface area is 119 Å². The lowest BCUT2D eigenvalue weighted by Gasteiger charge is -2.24. The molecule has 21 heavy (non-hydrogen) atoms. The number of aromatic nitrogens is 1. The van der Waals surface area contributed by atoms with E-state index in [1.807, 2.05) is 0 Å². The smallest absolute Gasteiger partial charge is 0.368 e. The van der Waals surface area contributed by atoms with E-state index in [9.17, 15) is 22.4 Å². The molecule has 2 rings (SSSR count). The van der Waals surface area contributed by atoms with Gasteiger partial charge in [-0.25, -0.2) is 9.37 Å².